The number of carbonyl (C=O) groups excluding carboxylic acids is 3. The predicted octanol–water partition coefficient (Wildman–Crippen LogP) is 6.95. The average molecular weight is 581 g/mol. The summed E-state index contributed by atoms with van der Waals surface area (Å²) in [4.78, 5) is 38.5. The van der Waals surface area contributed by atoms with Crippen molar-refractivity contribution in [3.8, 4) is 0 Å². The first-order chi connectivity index (χ1) is 20.7. The molecule has 1 heterocycles. The maximum atomic E-state index is 13.4. The molecule has 0 saturated heterocycles. The SMILES string of the molecule is CC(C)(C)OC(=O)NCc1ccc(N/C(=C2\C(=O)Nc3ccc(C(=O)NCC4CCCCC4)cc32)c2ccccc2)cc1. The van der Waals surface area contributed by atoms with Crippen LogP contribution in [0.4, 0.5) is 16.2 Å². The molecular weight excluding hydrogens is 540 g/mol. The molecule has 224 valence electrons. The van der Waals surface area contributed by atoms with Gasteiger partial charge in [-0.05, 0) is 81.0 Å². The van der Waals surface area contributed by atoms with E-state index in [1.165, 1.54) is 19.3 Å². The number of hydrogen-bond donors (Lipinski definition) is 4. The molecule has 3 amide bonds. The highest BCUT2D eigenvalue weighted by Crippen LogP contribution is 2.38. The lowest BCUT2D eigenvalue weighted by Gasteiger charge is -2.21. The van der Waals surface area contributed by atoms with E-state index in [-0.39, 0.29) is 11.8 Å². The van der Waals surface area contributed by atoms with E-state index in [1.54, 1.807) is 18.2 Å². The van der Waals surface area contributed by atoms with E-state index in [2.05, 4.69) is 21.3 Å². The van der Waals surface area contributed by atoms with E-state index in [9.17, 15) is 14.4 Å². The summed E-state index contributed by atoms with van der Waals surface area (Å²) in [5.41, 5.74) is 4.93. The second-order valence-corrected chi connectivity index (χ2v) is 12.2. The number of carbonyl (C=O) groups is 3. The zero-order valence-corrected chi connectivity index (χ0v) is 25.1. The van der Waals surface area contributed by atoms with Gasteiger partial charge in [0.15, 0.2) is 0 Å². The highest BCUT2D eigenvalue weighted by atomic mass is 16.6. The van der Waals surface area contributed by atoms with Crippen LogP contribution in [0, 0.1) is 5.92 Å². The van der Waals surface area contributed by atoms with Crippen molar-refractivity contribution in [1.29, 1.82) is 0 Å². The van der Waals surface area contributed by atoms with Crippen LogP contribution < -0.4 is 21.3 Å². The molecule has 2 aliphatic rings. The van der Waals surface area contributed by atoms with Crippen molar-refractivity contribution in [2.75, 3.05) is 17.2 Å². The van der Waals surface area contributed by atoms with Gasteiger partial charge < -0.3 is 26.0 Å². The quantitative estimate of drug-likeness (QED) is 0.216. The van der Waals surface area contributed by atoms with Gasteiger partial charge in [-0.3, -0.25) is 9.59 Å². The van der Waals surface area contributed by atoms with Gasteiger partial charge in [-0.1, -0.05) is 61.7 Å². The van der Waals surface area contributed by atoms with Gasteiger partial charge >= 0.3 is 6.09 Å². The molecule has 1 saturated carbocycles. The lowest BCUT2D eigenvalue weighted by Crippen LogP contribution is -2.32. The maximum absolute atomic E-state index is 13.4. The summed E-state index contributed by atoms with van der Waals surface area (Å²) < 4.78 is 5.31. The number of hydrogen-bond acceptors (Lipinski definition) is 5. The Morgan fingerprint density at radius 2 is 1.60 bits per heavy atom. The maximum Gasteiger partial charge on any atom is 0.407 e. The van der Waals surface area contributed by atoms with E-state index < -0.39 is 11.7 Å². The molecule has 1 aliphatic heterocycles. The van der Waals surface area contributed by atoms with Gasteiger partial charge in [0.05, 0.1) is 11.3 Å². The van der Waals surface area contributed by atoms with Crippen LogP contribution in [0.25, 0.3) is 11.3 Å². The minimum atomic E-state index is -0.566. The lowest BCUT2D eigenvalue weighted by molar-refractivity contribution is -0.110. The summed E-state index contributed by atoms with van der Waals surface area (Å²) in [5.74, 6) is 0.162. The van der Waals surface area contributed by atoms with Gasteiger partial charge in [0.1, 0.15) is 5.60 Å². The number of benzene rings is 3. The molecule has 1 aliphatic carbocycles. The Balaban J connectivity index is 1.38. The third-order valence-electron chi connectivity index (χ3n) is 7.67. The minimum absolute atomic E-state index is 0.128. The zero-order valence-electron chi connectivity index (χ0n) is 25.1. The first-order valence-corrected chi connectivity index (χ1v) is 15.0. The van der Waals surface area contributed by atoms with Crippen LogP contribution in [0.15, 0.2) is 72.8 Å². The van der Waals surface area contributed by atoms with E-state index >= 15 is 0 Å². The number of alkyl carbamates (subject to hydrolysis) is 1. The molecule has 43 heavy (non-hydrogen) atoms. The first-order valence-electron chi connectivity index (χ1n) is 15.0. The highest BCUT2D eigenvalue weighted by Gasteiger charge is 2.29. The van der Waals surface area contributed by atoms with Gasteiger partial charge in [-0.2, -0.15) is 0 Å². The summed E-state index contributed by atoms with van der Waals surface area (Å²) in [6.07, 6.45) is 5.56. The van der Waals surface area contributed by atoms with Crippen LogP contribution in [-0.2, 0) is 16.1 Å². The molecule has 8 nitrogen and oxygen atoms in total. The Morgan fingerprint density at radius 3 is 2.30 bits per heavy atom. The van der Waals surface area contributed by atoms with Gasteiger partial charge in [0, 0.05) is 35.6 Å². The van der Waals surface area contributed by atoms with Crippen LogP contribution in [-0.4, -0.2) is 30.1 Å². The topological polar surface area (TPSA) is 109 Å². The summed E-state index contributed by atoms with van der Waals surface area (Å²) in [6.45, 7) is 6.47. The lowest BCUT2D eigenvalue weighted by atomic mass is 9.89. The zero-order chi connectivity index (χ0) is 30.4. The van der Waals surface area contributed by atoms with E-state index in [1.807, 2.05) is 75.4 Å². The number of rotatable bonds is 8. The molecule has 5 rings (SSSR count). The highest BCUT2D eigenvalue weighted by molar-refractivity contribution is 6.37. The summed E-state index contributed by atoms with van der Waals surface area (Å²) in [6, 6.07) is 22.6. The standard InChI is InChI=1S/C35H40N4O4/c1-35(2,3)43-34(42)37-22-24-14-17-27(18-15-24)38-31(25-12-8-5-9-13-25)30-28-20-26(16-19-29(28)39-33(30)41)32(40)36-21-23-10-6-4-7-11-23/h5,8-9,12-20,23,38H,4,6-7,10-11,21-22H2,1-3H3,(H,36,40)(H,37,42)(H,39,41)/b31-30-. The number of fused-ring (bicyclic) bond motifs is 1. The molecular formula is C35H40N4O4. The number of amides is 3. The normalized spacial score (nSPS) is 16.1. The van der Waals surface area contributed by atoms with Crippen molar-refractivity contribution in [1.82, 2.24) is 10.6 Å². The molecule has 3 aromatic carbocycles. The van der Waals surface area contributed by atoms with Crippen molar-refractivity contribution in [2.45, 2.75) is 65.0 Å². The Kier molecular flexibility index (Phi) is 9.14. The molecule has 0 bridgehead atoms. The fraction of sp³-hybridized carbons (Fsp3) is 0.343. The molecule has 0 spiro atoms. The number of nitrogens with one attached hydrogen (secondary N) is 4. The van der Waals surface area contributed by atoms with Crippen molar-refractivity contribution < 1.29 is 19.1 Å². The molecule has 0 unspecified atom stereocenters. The minimum Gasteiger partial charge on any atom is -0.444 e. The van der Waals surface area contributed by atoms with Crippen LogP contribution >= 0.6 is 0 Å². The largest absolute Gasteiger partial charge is 0.444 e. The van der Waals surface area contributed by atoms with E-state index in [0.717, 1.165) is 29.7 Å². The first kappa shape index (κ1) is 29.9. The fourth-order valence-corrected chi connectivity index (χ4v) is 5.51. The molecule has 0 atom stereocenters. The van der Waals surface area contributed by atoms with Crippen LogP contribution in [0.3, 0.4) is 0 Å². The molecule has 1 fully saturated rings. The van der Waals surface area contributed by atoms with Crippen molar-refractivity contribution in [2.24, 2.45) is 5.92 Å². The smallest absolute Gasteiger partial charge is 0.407 e. The van der Waals surface area contributed by atoms with Crippen molar-refractivity contribution in [3.63, 3.8) is 0 Å². The second kappa shape index (κ2) is 13.2. The summed E-state index contributed by atoms with van der Waals surface area (Å²) in [7, 11) is 0. The Morgan fingerprint density at radius 1 is 0.884 bits per heavy atom. The van der Waals surface area contributed by atoms with E-state index in [4.69, 9.17) is 4.74 Å². The molecule has 8 heteroatoms. The molecule has 4 N–H and O–H groups in total. The summed E-state index contributed by atoms with van der Waals surface area (Å²) >= 11 is 0. The Labute approximate surface area is 253 Å². The van der Waals surface area contributed by atoms with Crippen LogP contribution in [0.5, 0.6) is 0 Å². The molecule has 0 radical (unpaired) electrons. The van der Waals surface area contributed by atoms with Crippen LogP contribution in [0.1, 0.15) is 79.9 Å². The van der Waals surface area contributed by atoms with Crippen molar-refractivity contribution >= 4 is 40.6 Å². The monoisotopic (exact) mass is 580 g/mol. The Bertz CT molecular complexity index is 1500. The average Bonchev–Trinajstić information content (AvgIpc) is 3.33. The number of ether oxygens (including phenoxy) is 1. The van der Waals surface area contributed by atoms with Gasteiger partial charge in [-0.25, -0.2) is 4.79 Å². The van der Waals surface area contributed by atoms with Crippen molar-refractivity contribution in [3.05, 3.63) is 95.1 Å². The second-order valence-electron chi connectivity index (χ2n) is 12.2. The fourth-order valence-electron chi connectivity index (χ4n) is 5.51. The van der Waals surface area contributed by atoms with E-state index in [0.29, 0.717) is 47.1 Å². The Hall–Kier alpha value is -4.59. The third-order valence-corrected chi connectivity index (χ3v) is 7.67. The molecule has 0 aromatic heterocycles. The molecule has 3 aromatic rings. The third kappa shape index (κ3) is 7.83. The van der Waals surface area contributed by atoms with Gasteiger partial charge in [-0.15, -0.1) is 0 Å². The summed E-state index contributed by atoms with van der Waals surface area (Å²) in [5, 5.41) is 12.3. The number of anilines is 2. The van der Waals surface area contributed by atoms with Crippen LogP contribution in [0.2, 0.25) is 0 Å². The van der Waals surface area contributed by atoms with Gasteiger partial charge in [0.25, 0.3) is 11.8 Å². The van der Waals surface area contributed by atoms with Gasteiger partial charge in [0.2, 0.25) is 0 Å². The predicted molar refractivity (Wildman–Crippen MR) is 170 cm³/mol.